The van der Waals surface area contributed by atoms with Crippen molar-refractivity contribution in [3.63, 3.8) is 0 Å². The number of fused-ring (bicyclic) bond motifs is 1. The minimum absolute atomic E-state index is 0.266. The summed E-state index contributed by atoms with van der Waals surface area (Å²) in [4.78, 5) is 12.3. The van der Waals surface area contributed by atoms with Gasteiger partial charge in [-0.05, 0) is 19.1 Å². The topological polar surface area (TPSA) is 80.1 Å². The highest BCUT2D eigenvalue weighted by molar-refractivity contribution is 6.23. The zero-order valence-corrected chi connectivity index (χ0v) is 10.4. The summed E-state index contributed by atoms with van der Waals surface area (Å²) in [6.07, 6.45) is 3.75. The summed E-state index contributed by atoms with van der Waals surface area (Å²) in [5.41, 5.74) is 6.86. The molecule has 1 aliphatic rings. The van der Waals surface area contributed by atoms with Gasteiger partial charge in [-0.1, -0.05) is 11.6 Å². The number of imidazole rings is 1. The number of amidine groups is 1. The third-order valence-electron chi connectivity index (χ3n) is 2.71. The zero-order chi connectivity index (χ0) is 12.7. The van der Waals surface area contributed by atoms with Gasteiger partial charge in [-0.3, -0.25) is 0 Å². The van der Waals surface area contributed by atoms with E-state index in [1.165, 1.54) is 0 Å². The van der Waals surface area contributed by atoms with E-state index in [1.54, 1.807) is 0 Å². The molecule has 92 valence electrons. The number of rotatable bonds is 1. The van der Waals surface area contributed by atoms with Crippen LogP contribution in [0.4, 0.5) is 0 Å². The largest absolute Gasteiger partial charge is 0.370 e. The molecule has 0 spiro atoms. The maximum absolute atomic E-state index is 5.87. The summed E-state index contributed by atoms with van der Waals surface area (Å²) in [5.74, 6) is 1.78. The standard InChI is InChI=1S/C11H11ClN6/c1-6-14-4-8-3-2-7(5-18(6)8)9-15-10(12)17-11(13)16-9/h2-5,10H,1H3,(H3,13,15,16,17). The number of hydrogen-bond acceptors (Lipinski definition) is 5. The minimum Gasteiger partial charge on any atom is -0.370 e. The first kappa shape index (κ1) is 11.0. The molecule has 0 fully saturated rings. The average molecular weight is 263 g/mol. The van der Waals surface area contributed by atoms with Gasteiger partial charge in [-0.25, -0.2) is 15.0 Å². The lowest BCUT2D eigenvalue weighted by molar-refractivity contribution is 0.917. The molecule has 0 radical (unpaired) electrons. The molecule has 0 saturated carbocycles. The van der Waals surface area contributed by atoms with Gasteiger partial charge < -0.3 is 15.5 Å². The van der Waals surface area contributed by atoms with Gasteiger partial charge in [0.2, 0.25) is 5.62 Å². The van der Waals surface area contributed by atoms with Crippen LogP contribution in [-0.4, -0.2) is 26.8 Å². The fourth-order valence-electron chi connectivity index (χ4n) is 1.84. The molecule has 0 amide bonds. The average Bonchev–Trinajstić information content (AvgIpc) is 2.69. The Bertz CT molecular complexity index is 671. The molecule has 0 bridgehead atoms. The highest BCUT2D eigenvalue weighted by Gasteiger charge is 2.14. The molecule has 3 N–H and O–H groups in total. The Morgan fingerprint density at radius 3 is 3.00 bits per heavy atom. The van der Waals surface area contributed by atoms with E-state index in [9.17, 15) is 0 Å². The van der Waals surface area contributed by atoms with E-state index < -0.39 is 5.62 Å². The van der Waals surface area contributed by atoms with Gasteiger partial charge in [0.15, 0.2) is 5.96 Å². The molecule has 3 heterocycles. The van der Waals surface area contributed by atoms with E-state index in [0.29, 0.717) is 5.84 Å². The summed E-state index contributed by atoms with van der Waals surface area (Å²) in [7, 11) is 0. The van der Waals surface area contributed by atoms with Crippen LogP contribution in [0.15, 0.2) is 34.5 Å². The molecule has 1 aliphatic heterocycles. The molecule has 2 aromatic rings. The van der Waals surface area contributed by atoms with Crippen molar-refractivity contribution < 1.29 is 0 Å². The maximum atomic E-state index is 5.87. The van der Waals surface area contributed by atoms with Crippen LogP contribution >= 0.6 is 11.6 Å². The van der Waals surface area contributed by atoms with Crippen LogP contribution in [0.1, 0.15) is 11.4 Å². The lowest BCUT2D eigenvalue weighted by Crippen LogP contribution is -2.41. The lowest BCUT2D eigenvalue weighted by atomic mass is 10.2. The van der Waals surface area contributed by atoms with Gasteiger partial charge in [0.05, 0.1) is 11.7 Å². The summed E-state index contributed by atoms with van der Waals surface area (Å²) in [6.45, 7) is 1.94. The number of nitrogens with one attached hydrogen (secondary N) is 1. The Labute approximate surface area is 108 Å². The van der Waals surface area contributed by atoms with Gasteiger partial charge >= 0.3 is 0 Å². The molecule has 18 heavy (non-hydrogen) atoms. The number of nitrogens with two attached hydrogens (primary N) is 1. The highest BCUT2D eigenvalue weighted by atomic mass is 35.5. The van der Waals surface area contributed by atoms with Crippen molar-refractivity contribution in [2.75, 3.05) is 0 Å². The van der Waals surface area contributed by atoms with E-state index in [0.717, 1.165) is 16.9 Å². The predicted molar refractivity (Wildman–Crippen MR) is 70.9 cm³/mol. The van der Waals surface area contributed by atoms with Crippen molar-refractivity contribution in [2.24, 2.45) is 15.7 Å². The van der Waals surface area contributed by atoms with Crippen LogP contribution in [-0.2, 0) is 0 Å². The van der Waals surface area contributed by atoms with E-state index in [2.05, 4.69) is 20.3 Å². The number of alkyl halides is 1. The van der Waals surface area contributed by atoms with Crippen molar-refractivity contribution in [1.82, 2.24) is 14.7 Å². The van der Waals surface area contributed by atoms with Crippen LogP contribution < -0.4 is 11.1 Å². The number of aliphatic imine (C=N–C) groups is 2. The number of halogens is 1. The molecule has 1 atom stereocenters. The normalized spacial score (nSPS) is 19.3. The summed E-state index contributed by atoms with van der Waals surface area (Å²) in [5, 5.41) is 2.90. The van der Waals surface area contributed by atoms with Crippen LogP contribution in [0.3, 0.4) is 0 Å². The monoisotopic (exact) mass is 262 g/mol. The van der Waals surface area contributed by atoms with Crippen molar-refractivity contribution in [3.05, 3.63) is 35.9 Å². The van der Waals surface area contributed by atoms with Crippen molar-refractivity contribution in [3.8, 4) is 0 Å². The third kappa shape index (κ3) is 1.80. The van der Waals surface area contributed by atoms with Gasteiger partial charge in [0.25, 0.3) is 0 Å². The fraction of sp³-hybridized carbons (Fsp3) is 0.182. The van der Waals surface area contributed by atoms with E-state index in [-0.39, 0.29) is 5.96 Å². The lowest BCUT2D eigenvalue weighted by Gasteiger charge is -2.16. The van der Waals surface area contributed by atoms with Gasteiger partial charge in [0, 0.05) is 11.8 Å². The Kier molecular flexibility index (Phi) is 2.45. The molecule has 0 aromatic carbocycles. The molecule has 0 aliphatic carbocycles. The summed E-state index contributed by atoms with van der Waals surface area (Å²) < 4.78 is 1.98. The van der Waals surface area contributed by atoms with E-state index >= 15 is 0 Å². The predicted octanol–water partition coefficient (Wildman–Crippen LogP) is 0.830. The van der Waals surface area contributed by atoms with Crippen molar-refractivity contribution in [1.29, 1.82) is 0 Å². The number of nitrogens with zero attached hydrogens (tertiary/aromatic N) is 4. The number of hydrogen-bond donors (Lipinski definition) is 2. The number of guanidine groups is 1. The van der Waals surface area contributed by atoms with E-state index in [4.69, 9.17) is 17.3 Å². The second-order valence-electron chi connectivity index (χ2n) is 3.95. The fourth-order valence-corrected chi connectivity index (χ4v) is 2.04. The molecule has 3 rings (SSSR count). The minimum atomic E-state index is -0.680. The van der Waals surface area contributed by atoms with Crippen molar-refractivity contribution >= 4 is 28.9 Å². The molecule has 6 nitrogen and oxygen atoms in total. The van der Waals surface area contributed by atoms with Crippen molar-refractivity contribution in [2.45, 2.75) is 12.5 Å². The second kappa shape index (κ2) is 3.99. The second-order valence-corrected chi connectivity index (χ2v) is 4.34. The molecular formula is C11H11ClN6. The van der Waals surface area contributed by atoms with Gasteiger partial charge in [0.1, 0.15) is 11.7 Å². The summed E-state index contributed by atoms with van der Waals surface area (Å²) in [6, 6.07) is 3.90. The number of aryl methyl sites for hydroxylation is 1. The maximum Gasteiger partial charge on any atom is 0.220 e. The van der Waals surface area contributed by atoms with Gasteiger partial charge in [-0.15, -0.1) is 0 Å². The van der Waals surface area contributed by atoms with Crippen LogP contribution in [0, 0.1) is 6.92 Å². The first-order chi connectivity index (χ1) is 8.63. The summed E-state index contributed by atoms with van der Waals surface area (Å²) >= 11 is 5.87. The van der Waals surface area contributed by atoms with E-state index in [1.807, 2.05) is 35.9 Å². The Hall–Kier alpha value is -2.08. The molecule has 2 aromatic heterocycles. The highest BCUT2D eigenvalue weighted by Crippen LogP contribution is 2.12. The smallest absolute Gasteiger partial charge is 0.220 e. The molecule has 0 saturated heterocycles. The molecule has 7 heteroatoms. The molecule has 1 unspecified atom stereocenters. The Balaban J connectivity index is 2.07. The first-order valence-electron chi connectivity index (χ1n) is 5.40. The first-order valence-corrected chi connectivity index (χ1v) is 5.83. The Morgan fingerprint density at radius 2 is 2.22 bits per heavy atom. The van der Waals surface area contributed by atoms with Crippen LogP contribution in [0.25, 0.3) is 5.52 Å². The third-order valence-corrected chi connectivity index (χ3v) is 2.91. The number of aromatic nitrogens is 2. The Morgan fingerprint density at radius 1 is 1.39 bits per heavy atom. The zero-order valence-electron chi connectivity index (χ0n) is 9.63. The van der Waals surface area contributed by atoms with Crippen LogP contribution in [0.5, 0.6) is 0 Å². The quantitative estimate of drug-likeness (QED) is 0.590. The number of pyridine rings is 1. The van der Waals surface area contributed by atoms with Crippen LogP contribution in [0.2, 0.25) is 0 Å². The SMILES string of the molecule is Cc1ncc2ccc(C3=NC(Cl)N=C(N)N3)cn12. The van der Waals surface area contributed by atoms with Gasteiger partial charge in [-0.2, -0.15) is 0 Å². The molecular weight excluding hydrogens is 252 g/mol.